The van der Waals surface area contributed by atoms with Crippen LogP contribution in [0.3, 0.4) is 0 Å². The van der Waals surface area contributed by atoms with Gasteiger partial charge < -0.3 is 10.6 Å². The third-order valence-corrected chi connectivity index (χ3v) is 3.01. The van der Waals surface area contributed by atoms with E-state index in [9.17, 15) is 18.0 Å². The van der Waals surface area contributed by atoms with Gasteiger partial charge in [-0.25, -0.2) is 18.0 Å². The fraction of sp³-hybridized carbons (Fsp3) is 0. The molecule has 8 heteroatoms. The average Bonchev–Trinajstić information content (AvgIpc) is 2.43. The van der Waals surface area contributed by atoms with Crippen LogP contribution >= 0.6 is 23.2 Å². The minimum atomic E-state index is -1.67. The Kier molecular flexibility index (Phi) is 4.59. The topological polar surface area (TPSA) is 41.1 Å². The van der Waals surface area contributed by atoms with Gasteiger partial charge in [-0.1, -0.05) is 23.2 Å². The van der Waals surface area contributed by atoms with Crippen molar-refractivity contribution in [1.82, 2.24) is 0 Å². The van der Waals surface area contributed by atoms with Crippen LogP contribution in [0, 0.1) is 17.5 Å². The lowest BCUT2D eigenvalue weighted by Crippen LogP contribution is -2.20. The summed E-state index contributed by atoms with van der Waals surface area (Å²) in [7, 11) is 0. The van der Waals surface area contributed by atoms with Gasteiger partial charge in [-0.15, -0.1) is 0 Å². The smallest absolute Gasteiger partial charge is 0.306 e. The van der Waals surface area contributed by atoms with Gasteiger partial charge in [-0.3, -0.25) is 0 Å². The monoisotopic (exact) mass is 334 g/mol. The first-order chi connectivity index (χ1) is 9.88. The molecular weight excluding hydrogens is 328 g/mol. The number of benzene rings is 2. The molecule has 0 bridgehead atoms. The number of rotatable bonds is 2. The summed E-state index contributed by atoms with van der Waals surface area (Å²) in [5.41, 5.74) is -0.280. The Morgan fingerprint density at radius 2 is 1.52 bits per heavy atom. The van der Waals surface area contributed by atoms with E-state index in [0.717, 1.165) is 6.07 Å². The molecule has 0 aliphatic rings. The Bertz CT molecular complexity index is 710. The molecule has 0 spiro atoms. The quantitative estimate of drug-likeness (QED) is 0.741. The highest BCUT2D eigenvalue weighted by molar-refractivity contribution is 6.36. The first-order valence-electron chi connectivity index (χ1n) is 5.55. The second-order valence-corrected chi connectivity index (χ2v) is 4.77. The maximum atomic E-state index is 13.4. The molecule has 110 valence electrons. The summed E-state index contributed by atoms with van der Waals surface area (Å²) >= 11 is 11.5. The maximum absolute atomic E-state index is 13.4. The summed E-state index contributed by atoms with van der Waals surface area (Å²) in [4.78, 5) is 11.7. The molecule has 21 heavy (non-hydrogen) atoms. The van der Waals surface area contributed by atoms with E-state index in [1.807, 2.05) is 5.32 Å². The number of amides is 2. The van der Waals surface area contributed by atoms with E-state index in [1.165, 1.54) is 18.2 Å². The standard InChI is InChI=1S/C13H7Cl2F3N2O/c14-6-1-3-9(7(15)5-6)19-13(21)20-10-4-2-8(16)11(17)12(10)18/h1-5H,(H2,19,20,21). The lowest BCUT2D eigenvalue weighted by atomic mass is 10.3. The van der Waals surface area contributed by atoms with E-state index in [0.29, 0.717) is 11.1 Å². The molecule has 0 unspecified atom stereocenters. The van der Waals surface area contributed by atoms with Gasteiger partial charge in [0.15, 0.2) is 17.5 Å². The van der Waals surface area contributed by atoms with Crippen molar-refractivity contribution in [1.29, 1.82) is 0 Å². The predicted octanol–water partition coefficient (Wildman–Crippen LogP) is 5.05. The normalized spacial score (nSPS) is 10.3. The van der Waals surface area contributed by atoms with Crippen LogP contribution in [-0.4, -0.2) is 6.03 Å². The summed E-state index contributed by atoms with van der Waals surface area (Å²) in [6, 6.07) is 5.05. The molecule has 2 aromatic rings. The molecule has 2 aromatic carbocycles. The van der Waals surface area contributed by atoms with Crippen LogP contribution in [0.15, 0.2) is 30.3 Å². The highest BCUT2D eigenvalue weighted by Gasteiger charge is 2.15. The van der Waals surface area contributed by atoms with E-state index >= 15 is 0 Å². The Morgan fingerprint density at radius 3 is 2.19 bits per heavy atom. The number of halogens is 5. The summed E-state index contributed by atoms with van der Waals surface area (Å²) in [5, 5.41) is 4.91. The maximum Gasteiger partial charge on any atom is 0.323 e. The van der Waals surface area contributed by atoms with Gasteiger partial charge in [0, 0.05) is 5.02 Å². The van der Waals surface area contributed by atoms with Crippen LogP contribution in [0.4, 0.5) is 29.3 Å². The van der Waals surface area contributed by atoms with Crippen molar-refractivity contribution in [2.75, 3.05) is 10.6 Å². The van der Waals surface area contributed by atoms with E-state index in [2.05, 4.69) is 5.32 Å². The molecule has 2 N–H and O–H groups in total. The van der Waals surface area contributed by atoms with Crippen molar-refractivity contribution in [2.24, 2.45) is 0 Å². The van der Waals surface area contributed by atoms with Crippen molar-refractivity contribution >= 4 is 40.6 Å². The Labute approximate surface area is 127 Å². The molecule has 0 fully saturated rings. The molecule has 0 aliphatic heterocycles. The predicted molar refractivity (Wildman–Crippen MR) is 75.4 cm³/mol. The molecule has 0 saturated heterocycles. The van der Waals surface area contributed by atoms with Gasteiger partial charge in [0.25, 0.3) is 0 Å². The van der Waals surface area contributed by atoms with Crippen molar-refractivity contribution in [3.63, 3.8) is 0 Å². The van der Waals surface area contributed by atoms with Crippen LogP contribution in [0.5, 0.6) is 0 Å². The molecule has 0 atom stereocenters. The van der Waals surface area contributed by atoms with Crippen LogP contribution in [0.1, 0.15) is 0 Å². The first-order valence-corrected chi connectivity index (χ1v) is 6.30. The Balaban J connectivity index is 2.14. The number of carbonyl (C=O) groups is 1. The Hall–Kier alpha value is -1.92. The van der Waals surface area contributed by atoms with Crippen LogP contribution < -0.4 is 10.6 Å². The van der Waals surface area contributed by atoms with E-state index in [4.69, 9.17) is 23.2 Å². The molecular formula is C13H7Cl2F3N2O. The molecule has 0 aromatic heterocycles. The van der Waals surface area contributed by atoms with Crippen LogP contribution in [0.2, 0.25) is 10.0 Å². The van der Waals surface area contributed by atoms with Crippen LogP contribution in [0.25, 0.3) is 0 Å². The summed E-state index contributed by atoms with van der Waals surface area (Å²) in [6.07, 6.45) is 0. The third-order valence-electron chi connectivity index (χ3n) is 2.46. The van der Waals surface area contributed by atoms with Gasteiger partial charge in [-0.05, 0) is 30.3 Å². The fourth-order valence-electron chi connectivity index (χ4n) is 1.49. The largest absolute Gasteiger partial charge is 0.323 e. The van der Waals surface area contributed by atoms with E-state index in [1.54, 1.807) is 0 Å². The highest BCUT2D eigenvalue weighted by atomic mass is 35.5. The number of hydrogen-bond acceptors (Lipinski definition) is 1. The second-order valence-electron chi connectivity index (χ2n) is 3.93. The highest BCUT2D eigenvalue weighted by Crippen LogP contribution is 2.26. The first kappa shape index (κ1) is 15.5. The number of nitrogens with one attached hydrogen (secondary N) is 2. The Morgan fingerprint density at radius 1 is 0.905 bits per heavy atom. The van der Waals surface area contributed by atoms with Gasteiger partial charge >= 0.3 is 6.03 Å². The van der Waals surface area contributed by atoms with E-state index in [-0.39, 0.29) is 10.7 Å². The second kappa shape index (κ2) is 6.24. The molecule has 2 rings (SSSR count). The van der Waals surface area contributed by atoms with Crippen molar-refractivity contribution in [3.05, 3.63) is 57.8 Å². The lowest BCUT2D eigenvalue weighted by molar-refractivity contribution is 0.262. The van der Waals surface area contributed by atoms with Gasteiger partial charge in [0.1, 0.15) is 0 Å². The molecule has 0 heterocycles. The fourth-order valence-corrected chi connectivity index (χ4v) is 1.94. The molecule has 0 radical (unpaired) electrons. The van der Waals surface area contributed by atoms with Gasteiger partial charge in [0.2, 0.25) is 0 Å². The summed E-state index contributed by atoms with van der Waals surface area (Å²) < 4.78 is 39.2. The SMILES string of the molecule is O=C(Nc1ccc(Cl)cc1Cl)Nc1ccc(F)c(F)c1F. The minimum Gasteiger partial charge on any atom is -0.306 e. The summed E-state index contributed by atoms with van der Waals surface area (Å²) in [6.45, 7) is 0. The number of urea groups is 1. The van der Waals surface area contributed by atoms with Crippen molar-refractivity contribution in [3.8, 4) is 0 Å². The van der Waals surface area contributed by atoms with E-state index < -0.39 is 29.2 Å². The van der Waals surface area contributed by atoms with Gasteiger partial charge in [-0.2, -0.15) is 0 Å². The van der Waals surface area contributed by atoms with Gasteiger partial charge in [0.05, 0.1) is 16.4 Å². The zero-order valence-corrected chi connectivity index (χ0v) is 11.7. The lowest BCUT2D eigenvalue weighted by Gasteiger charge is -2.10. The number of carbonyl (C=O) groups excluding carboxylic acids is 1. The molecule has 0 saturated carbocycles. The molecule has 0 aliphatic carbocycles. The number of anilines is 2. The average molecular weight is 335 g/mol. The zero-order chi connectivity index (χ0) is 15.6. The number of hydrogen-bond donors (Lipinski definition) is 2. The molecule has 2 amide bonds. The summed E-state index contributed by atoms with van der Waals surface area (Å²) in [5.74, 6) is -4.51. The minimum absolute atomic E-state index is 0.170. The third kappa shape index (κ3) is 3.59. The van der Waals surface area contributed by atoms with Crippen molar-refractivity contribution < 1.29 is 18.0 Å². The van der Waals surface area contributed by atoms with Crippen LogP contribution in [-0.2, 0) is 0 Å². The zero-order valence-electron chi connectivity index (χ0n) is 10.2. The molecule has 3 nitrogen and oxygen atoms in total. The van der Waals surface area contributed by atoms with Crippen molar-refractivity contribution in [2.45, 2.75) is 0 Å².